The number of amides is 2. The highest BCUT2D eigenvalue weighted by molar-refractivity contribution is 6.04. The van der Waals surface area contributed by atoms with Gasteiger partial charge in [0.05, 0.1) is 16.9 Å². The van der Waals surface area contributed by atoms with Crippen LogP contribution >= 0.6 is 0 Å². The lowest BCUT2D eigenvalue weighted by atomic mass is 9.82. The average molecular weight is 455 g/mol. The topological polar surface area (TPSA) is 88.9 Å². The van der Waals surface area contributed by atoms with E-state index in [4.69, 9.17) is 0 Å². The van der Waals surface area contributed by atoms with Crippen LogP contribution in [0.25, 0.3) is 5.69 Å². The number of fused-ring (bicyclic) bond motifs is 1. The molecule has 1 aliphatic heterocycles. The van der Waals surface area contributed by atoms with Gasteiger partial charge in [0.1, 0.15) is 17.7 Å². The number of carbonyl (C=O) groups is 2. The van der Waals surface area contributed by atoms with E-state index in [1.807, 2.05) is 44.2 Å². The van der Waals surface area contributed by atoms with Crippen LogP contribution in [0, 0.1) is 19.7 Å². The number of aromatic nitrogens is 3. The summed E-state index contributed by atoms with van der Waals surface area (Å²) in [5.74, 6) is -1.21. The SMILES string of the molecule is Cc1cncc(C(=O)N[C@@H]2C(=O)Nc3c(c(C)nn3-c3ccccc3)[C@@H]2c2ccc(F)cc2)c1. The van der Waals surface area contributed by atoms with Crippen molar-refractivity contribution in [1.29, 1.82) is 0 Å². The Morgan fingerprint density at radius 1 is 1.06 bits per heavy atom. The molecular formula is C26H22FN5O2. The van der Waals surface area contributed by atoms with Crippen LogP contribution < -0.4 is 10.6 Å². The van der Waals surface area contributed by atoms with Crippen molar-refractivity contribution < 1.29 is 14.0 Å². The molecule has 0 aliphatic carbocycles. The number of aryl methyl sites for hydroxylation is 2. The number of nitrogens with zero attached hydrogens (tertiary/aromatic N) is 3. The fourth-order valence-corrected chi connectivity index (χ4v) is 4.38. The smallest absolute Gasteiger partial charge is 0.253 e. The maximum atomic E-state index is 13.7. The third kappa shape index (κ3) is 3.83. The number of para-hydroxylation sites is 1. The lowest BCUT2D eigenvalue weighted by molar-refractivity contribution is -0.118. The van der Waals surface area contributed by atoms with E-state index < -0.39 is 17.9 Å². The lowest BCUT2D eigenvalue weighted by Crippen LogP contribution is -2.50. The number of anilines is 1. The summed E-state index contributed by atoms with van der Waals surface area (Å²) in [6.07, 6.45) is 3.11. The first-order valence-corrected chi connectivity index (χ1v) is 10.9. The van der Waals surface area contributed by atoms with Gasteiger partial charge in [0.2, 0.25) is 5.91 Å². The molecule has 3 heterocycles. The molecule has 0 fully saturated rings. The summed E-state index contributed by atoms with van der Waals surface area (Å²) in [7, 11) is 0. The molecule has 1 aliphatic rings. The first-order chi connectivity index (χ1) is 16.4. The summed E-state index contributed by atoms with van der Waals surface area (Å²) in [5.41, 5.74) is 4.14. The second-order valence-electron chi connectivity index (χ2n) is 8.32. The van der Waals surface area contributed by atoms with Crippen molar-refractivity contribution >= 4 is 17.6 Å². The number of benzene rings is 2. The number of nitrogens with one attached hydrogen (secondary N) is 2. The van der Waals surface area contributed by atoms with Gasteiger partial charge in [-0.05, 0) is 55.3 Å². The molecule has 0 radical (unpaired) electrons. The van der Waals surface area contributed by atoms with Crippen LogP contribution in [0.3, 0.4) is 0 Å². The van der Waals surface area contributed by atoms with Gasteiger partial charge in [-0.2, -0.15) is 5.10 Å². The van der Waals surface area contributed by atoms with Crippen molar-refractivity contribution in [3.05, 3.63) is 107 Å². The molecule has 2 aromatic heterocycles. The minimum absolute atomic E-state index is 0.355. The number of hydrogen-bond acceptors (Lipinski definition) is 4. The quantitative estimate of drug-likeness (QED) is 0.488. The Balaban J connectivity index is 1.62. The minimum atomic E-state index is -0.932. The highest BCUT2D eigenvalue weighted by Gasteiger charge is 2.41. The molecule has 8 heteroatoms. The number of hydrogen-bond donors (Lipinski definition) is 2. The molecule has 0 bridgehead atoms. The molecular weight excluding hydrogens is 433 g/mol. The van der Waals surface area contributed by atoms with Gasteiger partial charge < -0.3 is 10.6 Å². The number of pyridine rings is 1. The monoisotopic (exact) mass is 455 g/mol. The molecule has 0 saturated heterocycles. The maximum absolute atomic E-state index is 13.7. The van der Waals surface area contributed by atoms with Crippen molar-refractivity contribution in [2.45, 2.75) is 25.8 Å². The van der Waals surface area contributed by atoms with E-state index in [0.29, 0.717) is 22.6 Å². The van der Waals surface area contributed by atoms with Gasteiger partial charge >= 0.3 is 0 Å². The van der Waals surface area contributed by atoms with Gasteiger partial charge in [-0.3, -0.25) is 14.6 Å². The zero-order valence-corrected chi connectivity index (χ0v) is 18.6. The predicted molar refractivity (Wildman–Crippen MR) is 125 cm³/mol. The molecule has 34 heavy (non-hydrogen) atoms. The summed E-state index contributed by atoms with van der Waals surface area (Å²) in [6, 6.07) is 16.2. The second kappa shape index (κ2) is 8.55. The first-order valence-electron chi connectivity index (χ1n) is 10.9. The number of carbonyl (C=O) groups excluding carboxylic acids is 2. The molecule has 0 saturated carbocycles. The normalized spacial score (nSPS) is 17.1. The molecule has 7 nitrogen and oxygen atoms in total. The van der Waals surface area contributed by atoms with Gasteiger partial charge in [0.15, 0.2) is 0 Å². The highest BCUT2D eigenvalue weighted by atomic mass is 19.1. The molecule has 2 amide bonds. The van der Waals surface area contributed by atoms with E-state index in [2.05, 4.69) is 20.7 Å². The predicted octanol–water partition coefficient (Wildman–Crippen LogP) is 3.91. The zero-order valence-electron chi connectivity index (χ0n) is 18.6. The van der Waals surface area contributed by atoms with Crippen LogP contribution in [0.4, 0.5) is 10.2 Å². The van der Waals surface area contributed by atoms with Crippen molar-refractivity contribution in [2.75, 3.05) is 5.32 Å². The Morgan fingerprint density at radius 3 is 2.50 bits per heavy atom. The van der Waals surface area contributed by atoms with Crippen LogP contribution in [-0.4, -0.2) is 32.6 Å². The summed E-state index contributed by atoms with van der Waals surface area (Å²) < 4.78 is 15.4. The summed E-state index contributed by atoms with van der Waals surface area (Å²) in [5, 5.41) is 10.5. The lowest BCUT2D eigenvalue weighted by Gasteiger charge is -2.32. The third-order valence-electron chi connectivity index (χ3n) is 5.93. The molecule has 4 aromatic rings. The van der Waals surface area contributed by atoms with E-state index in [9.17, 15) is 14.0 Å². The summed E-state index contributed by atoms with van der Waals surface area (Å²) in [4.78, 5) is 30.5. The number of halogens is 1. The van der Waals surface area contributed by atoms with Crippen LogP contribution in [0.15, 0.2) is 73.1 Å². The van der Waals surface area contributed by atoms with E-state index in [1.54, 1.807) is 29.1 Å². The van der Waals surface area contributed by atoms with Crippen molar-refractivity contribution in [3.63, 3.8) is 0 Å². The van der Waals surface area contributed by atoms with Gasteiger partial charge in [-0.1, -0.05) is 30.3 Å². The largest absolute Gasteiger partial charge is 0.339 e. The fraction of sp³-hybridized carbons (Fsp3) is 0.154. The zero-order chi connectivity index (χ0) is 23.8. The Hall–Kier alpha value is -4.33. The van der Waals surface area contributed by atoms with Crippen LogP contribution in [0.5, 0.6) is 0 Å². The molecule has 2 N–H and O–H groups in total. The molecule has 170 valence electrons. The minimum Gasteiger partial charge on any atom is -0.339 e. The Kier molecular flexibility index (Phi) is 5.41. The standard InChI is InChI=1S/C26H22FN5O2/c1-15-12-18(14-28-13-15)25(33)29-23-22(17-8-10-19(27)11-9-17)21-16(2)31-32(24(21)30-26(23)34)20-6-4-3-5-7-20/h3-14,22-23H,1-2H3,(H,29,33)(H,30,34)/t22-,23-/m0/s1. The molecule has 5 rings (SSSR count). The van der Waals surface area contributed by atoms with Gasteiger partial charge in [0, 0.05) is 23.9 Å². The van der Waals surface area contributed by atoms with Crippen molar-refractivity contribution in [1.82, 2.24) is 20.1 Å². The van der Waals surface area contributed by atoms with Gasteiger partial charge in [0.25, 0.3) is 5.91 Å². The van der Waals surface area contributed by atoms with E-state index >= 15 is 0 Å². The van der Waals surface area contributed by atoms with Crippen LogP contribution in [0.2, 0.25) is 0 Å². The van der Waals surface area contributed by atoms with Crippen LogP contribution in [-0.2, 0) is 4.79 Å². The van der Waals surface area contributed by atoms with Crippen molar-refractivity contribution in [3.8, 4) is 5.69 Å². The Labute approximate surface area is 195 Å². The Bertz CT molecular complexity index is 1380. The maximum Gasteiger partial charge on any atom is 0.253 e. The molecule has 0 unspecified atom stereocenters. The first kappa shape index (κ1) is 21.5. The van der Waals surface area contributed by atoms with E-state index in [0.717, 1.165) is 16.8 Å². The third-order valence-corrected chi connectivity index (χ3v) is 5.93. The summed E-state index contributed by atoms with van der Waals surface area (Å²) in [6.45, 7) is 3.70. The van der Waals surface area contributed by atoms with Gasteiger partial charge in [-0.15, -0.1) is 0 Å². The van der Waals surface area contributed by atoms with E-state index in [-0.39, 0.29) is 11.7 Å². The van der Waals surface area contributed by atoms with Crippen molar-refractivity contribution in [2.24, 2.45) is 0 Å². The summed E-state index contributed by atoms with van der Waals surface area (Å²) >= 11 is 0. The second-order valence-corrected chi connectivity index (χ2v) is 8.32. The van der Waals surface area contributed by atoms with E-state index in [1.165, 1.54) is 18.3 Å². The van der Waals surface area contributed by atoms with Crippen LogP contribution in [0.1, 0.15) is 38.7 Å². The molecule has 0 spiro atoms. The highest BCUT2D eigenvalue weighted by Crippen LogP contribution is 2.40. The molecule has 2 atom stereocenters. The van der Waals surface area contributed by atoms with Gasteiger partial charge in [-0.25, -0.2) is 9.07 Å². The number of rotatable bonds is 4. The Morgan fingerprint density at radius 2 is 1.79 bits per heavy atom. The molecule has 2 aromatic carbocycles. The average Bonchev–Trinajstić information content (AvgIpc) is 3.16. The fourth-order valence-electron chi connectivity index (χ4n) is 4.38.